The molecule has 0 radical (unpaired) electrons. The maximum absolute atomic E-state index is 12.8. The van der Waals surface area contributed by atoms with Gasteiger partial charge in [0.15, 0.2) is 0 Å². The van der Waals surface area contributed by atoms with Crippen LogP contribution in [0.1, 0.15) is 52.8 Å². The van der Waals surface area contributed by atoms with Crippen molar-refractivity contribution in [2.45, 2.75) is 43.0 Å². The lowest BCUT2D eigenvalue weighted by molar-refractivity contribution is 0.0926. The van der Waals surface area contributed by atoms with Gasteiger partial charge < -0.3 is 10.6 Å². The summed E-state index contributed by atoms with van der Waals surface area (Å²) in [6.45, 7) is 0. The van der Waals surface area contributed by atoms with Crippen LogP contribution < -0.4 is 10.6 Å². The van der Waals surface area contributed by atoms with Gasteiger partial charge in [-0.15, -0.1) is 0 Å². The zero-order chi connectivity index (χ0) is 23.5. The van der Waals surface area contributed by atoms with Crippen molar-refractivity contribution in [2.24, 2.45) is 0 Å². The second-order valence-electron chi connectivity index (χ2n) is 7.89. The molecule has 2 aromatic carbocycles. The number of nitrogens with one attached hydrogen (secondary N) is 2. The molecule has 0 bridgehead atoms. The van der Waals surface area contributed by atoms with E-state index in [0.717, 1.165) is 30.0 Å². The zero-order valence-electron chi connectivity index (χ0n) is 17.8. The highest BCUT2D eigenvalue weighted by molar-refractivity contribution is 7.89. The maximum atomic E-state index is 12.8. The van der Waals surface area contributed by atoms with Crippen LogP contribution in [0.2, 0.25) is 10.0 Å². The second-order valence-corrected chi connectivity index (χ2v) is 10.8. The molecule has 1 aliphatic rings. The van der Waals surface area contributed by atoms with Gasteiger partial charge in [0, 0.05) is 31.4 Å². The van der Waals surface area contributed by atoms with Crippen LogP contribution >= 0.6 is 23.2 Å². The minimum absolute atomic E-state index is 0.0170. The molecule has 10 heteroatoms. The molecule has 1 fully saturated rings. The van der Waals surface area contributed by atoms with Gasteiger partial charge in [0.2, 0.25) is 10.0 Å². The number of carbonyl (C=O) groups excluding carboxylic acids is 2. The minimum Gasteiger partial charge on any atom is -0.349 e. The van der Waals surface area contributed by atoms with E-state index in [1.165, 1.54) is 50.8 Å². The van der Waals surface area contributed by atoms with E-state index < -0.39 is 15.9 Å². The molecule has 7 nitrogen and oxygen atoms in total. The van der Waals surface area contributed by atoms with Crippen molar-refractivity contribution in [1.29, 1.82) is 0 Å². The van der Waals surface area contributed by atoms with Gasteiger partial charge in [-0.3, -0.25) is 9.59 Å². The summed E-state index contributed by atoms with van der Waals surface area (Å²) in [6, 6.07) is 8.75. The number of amides is 2. The van der Waals surface area contributed by atoms with E-state index in [0.29, 0.717) is 5.69 Å². The van der Waals surface area contributed by atoms with Crippen molar-refractivity contribution < 1.29 is 18.0 Å². The molecule has 172 valence electrons. The Bertz CT molecular complexity index is 1130. The Morgan fingerprint density at radius 2 is 1.59 bits per heavy atom. The molecule has 0 aromatic heterocycles. The molecule has 3 rings (SSSR count). The van der Waals surface area contributed by atoms with Crippen molar-refractivity contribution >= 4 is 50.7 Å². The van der Waals surface area contributed by atoms with Gasteiger partial charge in [-0.25, -0.2) is 12.7 Å². The number of halogens is 2. The predicted molar refractivity (Wildman–Crippen MR) is 126 cm³/mol. The highest BCUT2D eigenvalue weighted by Crippen LogP contribution is 2.26. The van der Waals surface area contributed by atoms with Gasteiger partial charge in [-0.05, 0) is 49.2 Å². The zero-order valence-corrected chi connectivity index (χ0v) is 20.1. The van der Waals surface area contributed by atoms with E-state index in [1.54, 1.807) is 6.07 Å². The summed E-state index contributed by atoms with van der Waals surface area (Å²) in [7, 11) is -1.06. The van der Waals surface area contributed by atoms with Crippen LogP contribution in [-0.2, 0) is 10.0 Å². The summed E-state index contributed by atoms with van der Waals surface area (Å²) in [5, 5.41) is 5.99. The molecule has 1 saturated carbocycles. The summed E-state index contributed by atoms with van der Waals surface area (Å²) in [5.41, 5.74) is 0.736. The van der Waals surface area contributed by atoms with Crippen molar-refractivity contribution in [3.8, 4) is 0 Å². The SMILES string of the molecule is CN(C)S(=O)(=O)c1cc(C(=O)Nc2ccc(Cl)c(C(=O)NC3CCCCC3)c2)ccc1Cl. The largest absolute Gasteiger partial charge is 0.349 e. The number of carbonyl (C=O) groups is 2. The van der Waals surface area contributed by atoms with E-state index in [1.807, 2.05) is 0 Å². The normalized spacial score (nSPS) is 14.9. The van der Waals surface area contributed by atoms with E-state index in [2.05, 4.69) is 10.6 Å². The minimum atomic E-state index is -3.82. The Morgan fingerprint density at radius 3 is 2.25 bits per heavy atom. The molecular formula is C22H25Cl2N3O4S. The first-order valence-electron chi connectivity index (χ1n) is 10.2. The standard InChI is InChI=1S/C22H25Cl2N3O4S/c1-27(2)32(30,31)20-12-14(8-10-19(20)24)21(28)26-16-9-11-18(23)17(13-16)22(29)25-15-6-4-3-5-7-15/h8-13,15H,3-7H2,1-2H3,(H,25,29)(H,26,28). The quantitative estimate of drug-likeness (QED) is 0.611. The van der Waals surface area contributed by atoms with Crippen molar-refractivity contribution in [2.75, 3.05) is 19.4 Å². The van der Waals surface area contributed by atoms with Gasteiger partial charge >= 0.3 is 0 Å². The van der Waals surface area contributed by atoms with E-state index in [9.17, 15) is 18.0 Å². The third kappa shape index (κ3) is 5.61. The lowest BCUT2D eigenvalue weighted by Crippen LogP contribution is -2.36. The van der Waals surface area contributed by atoms with Gasteiger partial charge in [0.05, 0.1) is 15.6 Å². The highest BCUT2D eigenvalue weighted by Gasteiger charge is 2.23. The summed E-state index contributed by atoms with van der Waals surface area (Å²) < 4.78 is 25.9. The van der Waals surface area contributed by atoms with Crippen molar-refractivity contribution in [1.82, 2.24) is 9.62 Å². The van der Waals surface area contributed by atoms with Crippen molar-refractivity contribution in [3.05, 3.63) is 57.6 Å². The fourth-order valence-corrected chi connectivity index (χ4v) is 5.13. The van der Waals surface area contributed by atoms with Crippen LogP contribution in [0.3, 0.4) is 0 Å². The third-order valence-electron chi connectivity index (χ3n) is 5.36. The maximum Gasteiger partial charge on any atom is 0.255 e. The summed E-state index contributed by atoms with van der Waals surface area (Å²) >= 11 is 12.3. The molecule has 0 aliphatic heterocycles. The van der Waals surface area contributed by atoms with Crippen LogP contribution in [-0.4, -0.2) is 44.7 Å². The molecule has 0 spiro atoms. The predicted octanol–water partition coefficient (Wildman–Crippen LogP) is 4.56. The second kappa shape index (κ2) is 10.2. The van der Waals surface area contributed by atoms with Crippen LogP contribution in [0.25, 0.3) is 0 Å². The first-order chi connectivity index (χ1) is 15.1. The number of hydrogen-bond acceptors (Lipinski definition) is 4. The fourth-order valence-electron chi connectivity index (χ4n) is 3.53. The Morgan fingerprint density at radius 1 is 0.938 bits per heavy atom. The summed E-state index contributed by atoms with van der Waals surface area (Å²) in [4.78, 5) is 25.3. The highest BCUT2D eigenvalue weighted by atomic mass is 35.5. The molecule has 0 saturated heterocycles. The van der Waals surface area contributed by atoms with Crippen LogP contribution in [0, 0.1) is 0 Å². The molecule has 2 N–H and O–H groups in total. The first kappa shape index (κ1) is 24.5. The lowest BCUT2D eigenvalue weighted by Gasteiger charge is -2.23. The monoisotopic (exact) mass is 497 g/mol. The van der Waals surface area contributed by atoms with E-state index in [-0.39, 0.29) is 38.0 Å². The number of nitrogens with zero attached hydrogens (tertiary/aromatic N) is 1. The smallest absolute Gasteiger partial charge is 0.255 e. The number of sulfonamides is 1. The molecule has 32 heavy (non-hydrogen) atoms. The van der Waals surface area contributed by atoms with Gasteiger partial charge in [-0.1, -0.05) is 42.5 Å². The topological polar surface area (TPSA) is 95.6 Å². The summed E-state index contributed by atoms with van der Waals surface area (Å²) in [6.07, 6.45) is 5.22. The van der Waals surface area contributed by atoms with Crippen LogP contribution in [0.4, 0.5) is 5.69 Å². The summed E-state index contributed by atoms with van der Waals surface area (Å²) in [5.74, 6) is -0.832. The molecule has 2 amide bonds. The Balaban J connectivity index is 1.80. The van der Waals surface area contributed by atoms with Crippen LogP contribution in [0.15, 0.2) is 41.3 Å². The lowest BCUT2D eigenvalue weighted by atomic mass is 9.95. The average Bonchev–Trinajstić information content (AvgIpc) is 2.75. The van der Waals surface area contributed by atoms with E-state index in [4.69, 9.17) is 23.2 Å². The Hall–Kier alpha value is -2.13. The first-order valence-corrected chi connectivity index (χ1v) is 12.4. The molecule has 2 aromatic rings. The number of anilines is 1. The fraction of sp³-hybridized carbons (Fsp3) is 0.364. The molecule has 0 unspecified atom stereocenters. The Labute approximate surface area is 198 Å². The van der Waals surface area contributed by atoms with Crippen LogP contribution in [0.5, 0.6) is 0 Å². The molecule has 0 heterocycles. The van der Waals surface area contributed by atoms with E-state index >= 15 is 0 Å². The number of rotatable bonds is 6. The average molecular weight is 498 g/mol. The van der Waals surface area contributed by atoms with Gasteiger partial charge in [0.1, 0.15) is 4.90 Å². The van der Waals surface area contributed by atoms with Crippen molar-refractivity contribution in [3.63, 3.8) is 0 Å². The molecule has 0 atom stereocenters. The third-order valence-corrected chi connectivity index (χ3v) is 7.99. The van der Waals surface area contributed by atoms with Gasteiger partial charge in [-0.2, -0.15) is 0 Å². The molecule has 1 aliphatic carbocycles. The molecular weight excluding hydrogens is 473 g/mol. The number of benzene rings is 2. The van der Waals surface area contributed by atoms with Gasteiger partial charge in [0.25, 0.3) is 11.8 Å². The number of hydrogen-bond donors (Lipinski definition) is 2. The Kier molecular flexibility index (Phi) is 7.82.